The molecule has 0 aliphatic carbocycles. The minimum Gasteiger partial charge on any atom is -0.464 e. The molecule has 13 heteroatoms. The van der Waals surface area contributed by atoms with E-state index in [0.717, 1.165) is 24.4 Å². The van der Waals surface area contributed by atoms with Crippen molar-refractivity contribution in [1.29, 1.82) is 0 Å². The van der Waals surface area contributed by atoms with Gasteiger partial charge < -0.3 is 33.7 Å². The van der Waals surface area contributed by atoms with Gasteiger partial charge in [-0.1, -0.05) is 6.07 Å². The molecule has 1 saturated heterocycles. The first-order valence-electron chi connectivity index (χ1n) is 13.7. The predicted molar refractivity (Wildman–Crippen MR) is 151 cm³/mol. The summed E-state index contributed by atoms with van der Waals surface area (Å²) in [6.07, 6.45) is 0. The van der Waals surface area contributed by atoms with E-state index < -0.39 is 11.0 Å². The number of carbonyl (C=O) groups is 2. The molecule has 222 valence electrons. The summed E-state index contributed by atoms with van der Waals surface area (Å²) in [7, 11) is 0. The number of fused-ring (bicyclic) bond motifs is 1. The first-order valence-corrected chi connectivity index (χ1v) is 13.7. The van der Waals surface area contributed by atoms with Crippen molar-refractivity contribution in [1.82, 2.24) is 14.7 Å². The van der Waals surface area contributed by atoms with Gasteiger partial charge in [0.15, 0.2) is 11.5 Å². The highest BCUT2D eigenvalue weighted by molar-refractivity contribution is 5.92. The molecule has 1 N–H and O–H groups in total. The Kier molecular flexibility index (Phi) is 9.19. The molecule has 0 spiro atoms. The number of furan rings is 1. The zero-order valence-electron chi connectivity index (χ0n) is 23.3. The summed E-state index contributed by atoms with van der Waals surface area (Å²) in [5.41, 5.74) is 1.14. The maximum Gasteiger partial charge on any atom is 0.322 e. The van der Waals surface area contributed by atoms with Crippen molar-refractivity contribution >= 4 is 23.3 Å². The second-order valence-corrected chi connectivity index (χ2v) is 10.1. The zero-order chi connectivity index (χ0) is 29.5. The number of nitro benzene ring substituents is 1. The van der Waals surface area contributed by atoms with Gasteiger partial charge in [0.2, 0.25) is 12.7 Å². The van der Waals surface area contributed by atoms with Gasteiger partial charge >= 0.3 is 6.03 Å². The lowest BCUT2D eigenvalue weighted by Gasteiger charge is -2.31. The fourth-order valence-electron chi connectivity index (χ4n) is 4.72. The number of non-ortho nitro benzene ring substituents is 1. The lowest BCUT2D eigenvalue weighted by molar-refractivity contribution is -0.384. The number of nitrogens with zero attached hydrogens (tertiary/aromatic N) is 4. The molecule has 0 atom stereocenters. The highest BCUT2D eigenvalue weighted by atomic mass is 16.7. The number of hydrogen-bond acceptors (Lipinski definition) is 9. The van der Waals surface area contributed by atoms with Crippen LogP contribution < -0.4 is 14.8 Å². The number of amides is 3. The molecule has 0 saturated carbocycles. The summed E-state index contributed by atoms with van der Waals surface area (Å²) in [6.45, 7) is 5.82. The predicted octanol–water partition coefficient (Wildman–Crippen LogP) is 3.62. The van der Waals surface area contributed by atoms with Crippen LogP contribution in [0.1, 0.15) is 17.1 Å². The monoisotopic (exact) mass is 579 g/mol. The number of hydrogen-bond donors (Lipinski definition) is 1. The Morgan fingerprint density at radius 2 is 1.74 bits per heavy atom. The van der Waals surface area contributed by atoms with Crippen LogP contribution in [-0.2, 0) is 22.6 Å². The smallest absolute Gasteiger partial charge is 0.322 e. The van der Waals surface area contributed by atoms with Gasteiger partial charge in [0.25, 0.3) is 5.69 Å². The number of morpholine rings is 1. The molecular weight excluding hydrogens is 546 g/mol. The van der Waals surface area contributed by atoms with Crippen molar-refractivity contribution in [3.05, 3.63) is 81.8 Å². The quantitative estimate of drug-likeness (QED) is 0.266. The van der Waals surface area contributed by atoms with Gasteiger partial charge in [-0.3, -0.25) is 19.8 Å². The third kappa shape index (κ3) is 7.56. The number of ether oxygens (including phenoxy) is 3. The van der Waals surface area contributed by atoms with E-state index in [1.165, 1.54) is 29.2 Å². The molecule has 0 unspecified atom stereocenters. The molecule has 42 heavy (non-hydrogen) atoms. The molecule has 2 aliphatic heterocycles. The minimum absolute atomic E-state index is 0.0836. The number of urea groups is 1. The summed E-state index contributed by atoms with van der Waals surface area (Å²) in [4.78, 5) is 43.0. The molecule has 3 amide bonds. The summed E-state index contributed by atoms with van der Waals surface area (Å²) in [5.74, 6) is 2.34. The summed E-state index contributed by atoms with van der Waals surface area (Å²) in [6, 6.07) is 14.3. The number of benzene rings is 2. The zero-order valence-corrected chi connectivity index (χ0v) is 23.3. The highest BCUT2D eigenvalue weighted by Gasteiger charge is 2.25. The Hall–Kier alpha value is -4.62. The number of anilines is 1. The van der Waals surface area contributed by atoms with E-state index in [9.17, 15) is 19.7 Å². The number of nitro groups is 1. The summed E-state index contributed by atoms with van der Waals surface area (Å²) < 4.78 is 22.1. The molecule has 1 fully saturated rings. The molecule has 3 aromatic rings. The van der Waals surface area contributed by atoms with Crippen LogP contribution in [0.25, 0.3) is 0 Å². The van der Waals surface area contributed by atoms with Gasteiger partial charge in [-0.2, -0.15) is 0 Å². The molecule has 3 heterocycles. The molecule has 0 bridgehead atoms. The van der Waals surface area contributed by atoms with Crippen molar-refractivity contribution in [2.45, 2.75) is 20.0 Å². The topological polar surface area (TPSA) is 140 Å². The molecular formula is C29H33N5O8. The number of rotatable bonds is 11. The van der Waals surface area contributed by atoms with Crippen LogP contribution >= 0.6 is 0 Å². The maximum absolute atomic E-state index is 13.8. The lowest BCUT2D eigenvalue weighted by atomic mass is 10.2. The molecule has 1 aromatic heterocycles. The van der Waals surface area contributed by atoms with Gasteiger partial charge in [0, 0.05) is 50.5 Å². The molecule has 2 aromatic carbocycles. The van der Waals surface area contributed by atoms with Crippen LogP contribution in [0.15, 0.2) is 59.0 Å². The molecule has 2 aliphatic rings. The second-order valence-electron chi connectivity index (χ2n) is 10.1. The minimum atomic E-state index is -0.506. The van der Waals surface area contributed by atoms with Gasteiger partial charge in [0.05, 0.1) is 24.7 Å². The number of nitrogens with one attached hydrogen (secondary N) is 1. The maximum atomic E-state index is 13.8. The van der Waals surface area contributed by atoms with E-state index in [4.69, 9.17) is 18.6 Å². The van der Waals surface area contributed by atoms with E-state index in [-0.39, 0.29) is 38.0 Å². The normalized spacial score (nSPS) is 14.4. The standard InChI is InChI=1S/C29H33N5O8/c1-21-2-8-25(42-21)18-33(17-22-3-9-26-27(16-22)41-20-40-26)28(35)19-32(11-10-31-12-14-39-15-13-31)29(36)30-23-4-6-24(7-5-23)34(37)38/h2-9,16H,10-15,17-20H2,1H3,(H,30,36). The third-order valence-corrected chi connectivity index (χ3v) is 7.04. The van der Waals surface area contributed by atoms with Crippen molar-refractivity contribution in [2.24, 2.45) is 0 Å². The van der Waals surface area contributed by atoms with Crippen LogP contribution in [-0.4, -0.2) is 84.3 Å². The largest absolute Gasteiger partial charge is 0.464 e. The van der Waals surface area contributed by atoms with Crippen LogP contribution in [0, 0.1) is 17.0 Å². The first-order chi connectivity index (χ1) is 20.3. The van der Waals surface area contributed by atoms with Crippen LogP contribution in [0.2, 0.25) is 0 Å². The Labute approximate surface area is 242 Å². The summed E-state index contributed by atoms with van der Waals surface area (Å²) >= 11 is 0. The van der Waals surface area contributed by atoms with Crippen molar-refractivity contribution in [3.63, 3.8) is 0 Å². The highest BCUT2D eigenvalue weighted by Crippen LogP contribution is 2.33. The number of carbonyl (C=O) groups excluding carboxylic acids is 2. The Morgan fingerprint density at radius 1 is 0.976 bits per heavy atom. The van der Waals surface area contributed by atoms with E-state index >= 15 is 0 Å². The molecule has 5 rings (SSSR count). The average Bonchev–Trinajstić information content (AvgIpc) is 3.63. The van der Waals surface area contributed by atoms with E-state index in [1.54, 1.807) is 4.90 Å². The van der Waals surface area contributed by atoms with Crippen molar-refractivity contribution in [3.8, 4) is 11.5 Å². The van der Waals surface area contributed by atoms with Crippen molar-refractivity contribution < 1.29 is 33.1 Å². The van der Waals surface area contributed by atoms with Crippen molar-refractivity contribution in [2.75, 3.05) is 58.0 Å². The van der Waals surface area contributed by atoms with Gasteiger partial charge in [-0.05, 0) is 48.9 Å². The average molecular weight is 580 g/mol. The summed E-state index contributed by atoms with van der Waals surface area (Å²) in [5, 5.41) is 13.8. The SMILES string of the molecule is Cc1ccc(CN(Cc2ccc3c(c2)OCO3)C(=O)CN(CCN2CCOCC2)C(=O)Nc2ccc([N+](=O)[O-])cc2)o1. The second kappa shape index (κ2) is 13.4. The molecule has 0 radical (unpaired) electrons. The van der Waals surface area contributed by atoms with Gasteiger partial charge in [-0.25, -0.2) is 4.79 Å². The molecule has 13 nitrogen and oxygen atoms in total. The van der Waals surface area contributed by atoms with Crippen LogP contribution in [0.4, 0.5) is 16.2 Å². The Bertz CT molecular complexity index is 1400. The van der Waals surface area contributed by atoms with E-state index in [0.29, 0.717) is 49.2 Å². The first kappa shape index (κ1) is 28.9. The van der Waals surface area contributed by atoms with E-state index in [1.807, 2.05) is 37.3 Å². The van der Waals surface area contributed by atoms with Crippen LogP contribution in [0.3, 0.4) is 0 Å². The van der Waals surface area contributed by atoms with E-state index in [2.05, 4.69) is 10.2 Å². The lowest BCUT2D eigenvalue weighted by Crippen LogP contribution is -2.48. The third-order valence-electron chi connectivity index (χ3n) is 7.04. The van der Waals surface area contributed by atoms with Gasteiger partial charge in [-0.15, -0.1) is 0 Å². The fraction of sp³-hybridized carbons (Fsp3) is 0.379. The fourth-order valence-corrected chi connectivity index (χ4v) is 4.72. The number of aryl methyl sites for hydroxylation is 1. The van der Waals surface area contributed by atoms with Crippen LogP contribution in [0.5, 0.6) is 11.5 Å². The Morgan fingerprint density at radius 3 is 2.45 bits per heavy atom. The van der Waals surface area contributed by atoms with Gasteiger partial charge in [0.1, 0.15) is 18.1 Å². The Balaban J connectivity index is 1.32.